The summed E-state index contributed by atoms with van der Waals surface area (Å²) in [6, 6.07) is 10.8. The maximum atomic E-state index is 3.46. The van der Waals surface area contributed by atoms with E-state index >= 15 is 0 Å². The molecule has 1 atom stereocenters. The Morgan fingerprint density at radius 1 is 1.33 bits per heavy atom. The van der Waals surface area contributed by atoms with E-state index in [4.69, 9.17) is 0 Å². The van der Waals surface area contributed by atoms with Gasteiger partial charge in [-0.25, -0.2) is 0 Å². The molecule has 0 aliphatic carbocycles. The molecule has 2 heteroatoms. The minimum atomic E-state index is 0.681. The topological polar surface area (TPSA) is 12.0 Å². The highest BCUT2D eigenvalue weighted by Crippen LogP contribution is 2.16. The van der Waals surface area contributed by atoms with Crippen molar-refractivity contribution in [3.8, 4) is 11.8 Å². The highest BCUT2D eigenvalue weighted by atomic mass is 32.2. The van der Waals surface area contributed by atoms with E-state index in [1.54, 1.807) is 0 Å². The van der Waals surface area contributed by atoms with E-state index in [1.807, 2.05) is 42.1 Å². The molecule has 1 unspecified atom stereocenters. The van der Waals surface area contributed by atoms with E-state index < -0.39 is 0 Å². The molecule has 2 rings (SSSR count). The number of benzene rings is 1. The van der Waals surface area contributed by atoms with Crippen LogP contribution in [0, 0.1) is 11.8 Å². The first kappa shape index (κ1) is 10.6. The van der Waals surface area contributed by atoms with Crippen molar-refractivity contribution in [2.75, 3.05) is 18.1 Å². The molecule has 1 aromatic rings. The molecule has 1 nitrogen and oxygen atoms in total. The smallest absolute Gasteiger partial charge is 0.0582 e. The molecule has 1 aromatic carbocycles. The Balaban J connectivity index is 1.75. The second kappa shape index (κ2) is 5.85. The van der Waals surface area contributed by atoms with Crippen molar-refractivity contribution >= 4 is 11.8 Å². The lowest BCUT2D eigenvalue weighted by atomic mass is 10.2. The molecule has 0 amide bonds. The normalized spacial score (nSPS) is 19.6. The van der Waals surface area contributed by atoms with E-state index in [1.165, 1.54) is 17.9 Å². The zero-order valence-electron chi connectivity index (χ0n) is 8.70. The molecule has 1 N–H and O–H groups in total. The van der Waals surface area contributed by atoms with Crippen LogP contribution in [0.5, 0.6) is 0 Å². The lowest BCUT2D eigenvalue weighted by molar-refractivity contribution is 0.600. The third-order valence-electron chi connectivity index (χ3n) is 2.42. The van der Waals surface area contributed by atoms with Crippen molar-refractivity contribution in [3.05, 3.63) is 35.9 Å². The quantitative estimate of drug-likeness (QED) is 0.762. The Kier molecular flexibility index (Phi) is 4.13. The Morgan fingerprint density at radius 2 is 2.20 bits per heavy atom. The Bertz CT molecular complexity index is 344. The fourth-order valence-electron chi connectivity index (χ4n) is 1.56. The van der Waals surface area contributed by atoms with Crippen molar-refractivity contribution in [2.45, 2.75) is 12.5 Å². The standard InChI is InChI=1S/C13H15NS/c1-2-5-12(6-3-1)7-4-9-14-13-8-10-15-11-13/h1-3,5-6,13-14H,8-11H2. The van der Waals surface area contributed by atoms with Gasteiger partial charge >= 0.3 is 0 Å². The van der Waals surface area contributed by atoms with Gasteiger partial charge in [-0.1, -0.05) is 30.0 Å². The number of rotatable bonds is 2. The van der Waals surface area contributed by atoms with Crippen molar-refractivity contribution < 1.29 is 0 Å². The van der Waals surface area contributed by atoms with Gasteiger partial charge in [0.05, 0.1) is 6.54 Å². The first-order valence-corrected chi connectivity index (χ1v) is 6.46. The lowest BCUT2D eigenvalue weighted by Gasteiger charge is -2.06. The van der Waals surface area contributed by atoms with Gasteiger partial charge in [-0.05, 0) is 24.3 Å². The molecule has 0 aromatic heterocycles. The predicted octanol–water partition coefficient (Wildman–Crippen LogP) is 2.13. The molecule has 1 fully saturated rings. The van der Waals surface area contributed by atoms with Crippen molar-refractivity contribution in [2.24, 2.45) is 0 Å². The lowest BCUT2D eigenvalue weighted by Crippen LogP contribution is -2.28. The molecule has 15 heavy (non-hydrogen) atoms. The Morgan fingerprint density at radius 3 is 2.93 bits per heavy atom. The van der Waals surface area contributed by atoms with Crippen LogP contribution in [0.3, 0.4) is 0 Å². The van der Waals surface area contributed by atoms with Gasteiger partial charge in [-0.15, -0.1) is 0 Å². The van der Waals surface area contributed by atoms with Gasteiger partial charge in [0, 0.05) is 17.4 Å². The number of nitrogens with one attached hydrogen (secondary N) is 1. The third kappa shape index (κ3) is 3.62. The van der Waals surface area contributed by atoms with Gasteiger partial charge in [0.25, 0.3) is 0 Å². The largest absolute Gasteiger partial charge is 0.303 e. The zero-order valence-corrected chi connectivity index (χ0v) is 9.52. The molecule has 1 saturated heterocycles. The van der Waals surface area contributed by atoms with Crippen LogP contribution in [0.15, 0.2) is 30.3 Å². The van der Waals surface area contributed by atoms with Crippen LogP contribution in [0.25, 0.3) is 0 Å². The van der Waals surface area contributed by atoms with Crippen LogP contribution >= 0.6 is 11.8 Å². The average Bonchev–Trinajstić information content (AvgIpc) is 2.79. The summed E-state index contributed by atoms with van der Waals surface area (Å²) in [4.78, 5) is 0. The van der Waals surface area contributed by atoms with Crippen LogP contribution < -0.4 is 5.32 Å². The summed E-state index contributed by atoms with van der Waals surface area (Å²) in [7, 11) is 0. The highest BCUT2D eigenvalue weighted by molar-refractivity contribution is 7.99. The van der Waals surface area contributed by atoms with E-state index in [0.29, 0.717) is 6.04 Å². The SMILES string of the molecule is C(#Cc1ccccc1)CNC1CCSC1. The van der Waals surface area contributed by atoms with Gasteiger partial charge in [0.1, 0.15) is 0 Å². The van der Waals surface area contributed by atoms with E-state index in [9.17, 15) is 0 Å². The van der Waals surface area contributed by atoms with Gasteiger partial charge < -0.3 is 5.32 Å². The van der Waals surface area contributed by atoms with E-state index in [-0.39, 0.29) is 0 Å². The van der Waals surface area contributed by atoms with E-state index in [2.05, 4.69) is 17.2 Å². The minimum Gasteiger partial charge on any atom is -0.303 e. The third-order valence-corrected chi connectivity index (χ3v) is 3.58. The van der Waals surface area contributed by atoms with Crippen molar-refractivity contribution in [1.82, 2.24) is 5.32 Å². The Hall–Kier alpha value is -0.910. The van der Waals surface area contributed by atoms with Crippen LogP contribution in [0.2, 0.25) is 0 Å². The van der Waals surface area contributed by atoms with Gasteiger partial charge in [-0.2, -0.15) is 11.8 Å². The van der Waals surface area contributed by atoms with Crippen LogP contribution in [-0.4, -0.2) is 24.1 Å². The molecular formula is C13H15NS. The van der Waals surface area contributed by atoms with Crippen LogP contribution in [-0.2, 0) is 0 Å². The molecule has 1 aliphatic rings. The van der Waals surface area contributed by atoms with Crippen LogP contribution in [0.4, 0.5) is 0 Å². The molecular weight excluding hydrogens is 202 g/mol. The first-order chi connectivity index (χ1) is 7.45. The highest BCUT2D eigenvalue weighted by Gasteiger charge is 2.13. The summed E-state index contributed by atoms with van der Waals surface area (Å²) in [5, 5.41) is 3.46. The summed E-state index contributed by atoms with van der Waals surface area (Å²) < 4.78 is 0. The molecule has 1 aliphatic heterocycles. The number of thioether (sulfide) groups is 1. The minimum absolute atomic E-state index is 0.681. The summed E-state index contributed by atoms with van der Waals surface area (Å²) in [5.41, 5.74) is 1.10. The molecule has 78 valence electrons. The van der Waals surface area contributed by atoms with Gasteiger partial charge in [0.2, 0.25) is 0 Å². The maximum Gasteiger partial charge on any atom is 0.0582 e. The predicted molar refractivity (Wildman–Crippen MR) is 67.1 cm³/mol. The average molecular weight is 217 g/mol. The second-order valence-corrected chi connectivity index (χ2v) is 4.76. The van der Waals surface area contributed by atoms with E-state index in [0.717, 1.165) is 12.1 Å². The van der Waals surface area contributed by atoms with Crippen molar-refractivity contribution in [1.29, 1.82) is 0 Å². The molecule has 0 saturated carbocycles. The summed E-state index contributed by atoms with van der Waals surface area (Å²) in [5.74, 6) is 8.85. The van der Waals surface area contributed by atoms with Crippen LogP contribution in [0.1, 0.15) is 12.0 Å². The maximum absolute atomic E-state index is 3.46. The number of hydrogen-bond acceptors (Lipinski definition) is 2. The summed E-state index contributed by atoms with van der Waals surface area (Å²) in [6.45, 7) is 0.806. The fourth-order valence-corrected chi connectivity index (χ4v) is 2.75. The summed E-state index contributed by atoms with van der Waals surface area (Å²) in [6.07, 6.45) is 1.29. The molecule has 0 bridgehead atoms. The zero-order chi connectivity index (χ0) is 10.3. The monoisotopic (exact) mass is 217 g/mol. The molecule has 0 spiro atoms. The fraction of sp³-hybridized carbons (Fsp3) is 0.385. The van der Waals surface area contributed by atoms with Gasteiger partial charge in [0.15, 0.2) is 0 Å². The second-order valence-electron chi connectivity index (χ2n) is 3.61. The van der Waals surface area contributed by atoms with Gasteiger partial charge in [-0.3, -0.25) is 0 Å². The first-order valence-electron chi connectivity index (χ1n) is 5.30. The summed E-state index contributed by atoms with van der Waals surface area (Å²) >= 11 is 2.03. The molecule has 0 radical (unpaired) electrons. The Labute approximate surface area is 95.7 Å². The molecule has 1 heterocycles. The number of hydrogen-bond donors (Lipinski definition) is 1. The van der Waals surface area contributed by atoms with Crippen molar-refractivity contribution in [3.63, 3.8) is 0 Å².